The molecule has 0 unspecified atom stereocenters. The van der Waals surface area contributed by atoms with Crippen molar-refractivity contribution in [1.82, 2.24) is 4.90 Å². The molecule has 0 aromatic rings. The van der Waals surface area contributed by atoms with Crippen molar-refractivity contribution in [2.45, 2.75) is 0 Å². The molecule has 1 rings (SSSR count). The van der Waals surface area contributed by atoms with E-state index in [1.165, 1.54) is 0 Å². The Hall–Kier alpha value is 0. The lowest BCUT2D eigenvalue weighted by Gasteiger charge is -2.04. The first-order valence-electron chi connectivity index (χ1n) is 2.32. The van der Waals surface area contributed by atoms with E-state index < -0.39 is 0 Å². The van der Waals surface area contributed by atoms with Gasteiger partial charge in [-0.25, -0.2) is 4.79 Å². The zero-order valence-corrected chi connectivity index (χ0v) is 6.42. The van der Waals surface area contributed by atoms with E-state index in [1.54, 1.807) is 4.90 Å². The number of ether oxygens (including phenoxy) is 1. The summed E-state index contributed by atoms with van der Waals surface area (Å²) in [6, 6.07) is 0. The number of carbonyl (C=O) groups excluding carboxylic acids is 1. The average molecular weight is 227 g/mol. The van der Waals surface area contributed by atoms with Crippen LogP contribution in [0.2, 0.25) is 0 Å². The van der Waals surface area contributed by atoms with Crippen molar-refractivity contribution < 1.29 is 9.53 Å². The average Bonchev–Trinajstić information content (AvgIpc) is 2.14. The van der Waals surface area contributed by atoms with Crippen molar-refractivity contribution in [3.63, 3.8) is 0 Å². The van der Waals surface area contributed by atoms with Crippen LogP contribution >= 0.6 is 22.6 Å². The molecule has 0 saturated carbocycles. The second kappa shape index (κ2) is 2.52. The number of hydrogen-bond donors (Lipinski definition) is 0. The summed E-state index contributed by atoms with van der Waals surface area (Å²) in [4.78, 5) is 12.2. The minimum atomic E-state index is -0.181. The van der Waals surface area contributed by atoms with Crippen molar-refractivity contribution in [2.24, 2.45) is 0 Å². The summed E-state index contributed by atoms with van der Waals surface area (Å²) in [6.07, 6.45) is -0.181. The maximum Gasteiger partial charge on any atom is 0.410 e. The molecule has 0 aromatic carbocycles. The lowest BCUT2D eigenvalue weighted by Crippen LogP contribution is -2.21. The molecule has 46 valence electrons. The summed E-state index contributed by atoms with van der Waals surface area (Å²) in [7, 11) is 0. The van der Waals surface area contributed by atoms with E-state index in [4.69, 9.17) is 0 Å². The fourth-order valence-corrected chi connectivity index (χ4v) is 1.15. The number of hydrogen-bond acceptors (Lipinski definition) is 2. The molecule has 0 aromatic heterocycles. The first kappa shape index (κ1) is 6.12. The lowest BCUT2D eigenvalue weighted by atomic mass is 10.7. The minimum Gasteiger partial charge on any atom is -0.448 e. The second-order valence-electron chi connectivity index (χ2n) is 1.50. The molecule has 0 bridgehead atoms. The van der Waals surface area contributed by atoms with Crippen molar-refractivity contribution >= 4 is 28.7 Å². The van der Waals surface area contributed by atoms with E-state index in [9.17, 15) is 4.79 Å². The molecule has 0 atom stereocenters. The third kappa shape index (κ3) is 1.04. The van der Waals surface area contributed by atoms with Crippen molar-refractivity contribution in [2.75, 3.05) is 17.7 Å². The van der Waals surface area contributed by atoms with Crippen LogP contribution < -0.4 is 0 Å². The van der Waals surface area contributed by atoms with Crippen LogP contribution in [0.25, 0.3) is 0 Å². The normalized spacial score (nSPS) is 19.1. The molecule has 1 saturated heterocycles. The van der Waals surface area contributed by atoms with Gasteiger partial charge in [0.15, 0.2) is 0 Å². The largest absolute Gasteiger partial charge is 0.448 e. The van der Waals surface area contributed by atoms with Crippen LogP contribution in [-0.2, 0) is 4.74 Å². The molecule has 1 fully saturated rings. The van der Waals surface area contributed by atoms with Gasteiger partial charge >= 0.3 is 6.09 Å². The van der Waals surface area contributed by atoms with Gasteiger partial charge in [-0.2, -0.15) is 0 Å². The van der Waals surface area contributed by atoms with Crippen LogP contribution in [0.3, 0.4) is 0 Å². The fraction of sp³-hybridized carbons (Fsp3) is 0.750. The van der Waals surface area contributed by atoms with E-state index in [0.29, 0.717) is 6.61 Å². The Labute approximate surface area is 61.1 Å². The van der Waals surface area contributed by atoms with Gasteiger partial charge in [-0.05, 0) is 0 Å². The zero-order valence-electron chi connectivity index (χ0n) is 4.26. The smallest absolute Gasteiger partial charge is 0.410 e. The summed E-state index contributed by atoms with van der Waals surface area (Å²) >= 11 is 2.13. The molecule has 0 spiro atoms. The number of rotatable bonds is 1. The lowest BCUT2D eigenvalue weighted by molar-refractivity contribution is 0.163. The summed E-state index contributed by atoms with van der Waals surface area (Å²) in [6.45, 7) is 1.31. The topological polar surface area (TPSA) is 29.5 Å². The molecular formula is C4H6INO2. The minimum absolute atomic E-state index is 0.181. The Morgan fingerprint density at radius 1 is 1.88 bits per heavy atom. The van der Waals surface area contributed by atoms with E-state index in [2.05, 4.69) is 27.3 Å². The van der Waals surface area contributed by atoms with Gasteiger partial charge in [0.2, 0.25) is 0 Å². The highest BCUT2D eigenvalue weighted by atomic mass is 127. The Bertz CT molecular complexity index is 106. The molecule has 8 heavy (non-hydrogen) atoms. The molecule has 1 aliphatic heterocycles. The standard InChI is InChI=1S/C4H6INO2/c5-3-6-1-2-8-4(6)7/h1-3H2. The van der Waals surface area contributed by atoms with Gasteiger partial charge in [0.1, 0.15) is 6.61 Å². The number of halogens is 1. The van der Waals surface area contributed by atoms with Gasteiger partial charge in [-0.3, -0.25) is 4.90 Å². The second-order valence-corrected chi connectivity index (χ2v) is 2.18. The molecule has 0 aliphatic carbocycles. The predicted molar refractivity (Wildman–Crippen MR) is 36.9 cm³/mol. The maximum atomic E-state index is 10.5. The molecular weight excluding hydrogens is 221 g/mol. The third-order valence-electron chi connectivity index (χ3n) is 0.989. The highest BCUT2D eigenvalue weighted by Crippen LogP contribution is 2.03. The van der Waals surface area contributed by atoms with E-state index in [1.807, 2.05) is 0 Å². The number of amides is 1. The highest BCUT2D eigenvalue weighted by molar-refractivity contribution is 14.1. The molecule has 0 N–H and O–H groups in total. The predicted octanol–water partition coefficient (Wildman–Crippen LogP) is 0.831. The van der Waals surface area contributed by atoms with Crippen LogP contribution in [0, 0.1) is 0 Å². The molecule has 4 heteroatoms. The van der Waals surface area contributed by atoms with E-state index in [-0.39, 0.29) is 6.09 Å². The van der Waals surface area contributed by atoms with Gasteiger partial charge in [0.25, 0.3) is 0 Å². The summed E-state index contributed by atoms with van der Waals surface area (Å²) in [5.74, 6) is 0. The fourth-order valence-electron chi connectivity index (χ4n) is 0.534. The van der Waals surface area contributed by atoms with E-state index in [0.717, 1.165) is 11.1 Å². The number of alkyl halides is 1. The van der Waals surface area contributed by atoms with Gasteiger partial charge in [0, 0.05) is 0 Å². The highest BCUT2D eigenvalue weighted by Gasteiger charge is 2.19. The molecule has 1 heterocycles. The molecule has 3 nitrogen and oxygen atoms in total. The first-order chi connectivity index (χ1) is 3.84. The van der Waals surface area contributed by atoms with Crippen molar-refractivity contribution in [3.8, 4) is 0 Å². The third-order valence-corrected chi connectivity index (χ3v) is 1.81. The van der Waals surface area contributed by atoms with Crippen LogP contribution in [0.1, 0.15) is 0 Å². The van der Waals surface area contributed by atoms with Crippen LogP contribution in [-0.4, -0.2) is 28.7 Å². The van der Waals surface area contributed by atoms with Gasteiger partial charge < -0.3 is 4.74 Å². The zero-order chi connectivity index (χ0) is 5.98. The van der Waals surface area contributed by atoms with Gasteiger partial charge in [-0.1, -0.05) is 22.6 Å². The van der Waals surface area contributed by atoms with Crippen LogP contribution in [0.5, 0.6) is 0 Å². The van der Waals surface area contributed by atoms with Crippen LogP contribution in [0.15, 0.2) is 0 Å². The SMILES string of the molecule is O=C1OCCN1CI. The Morgan fingerprint density at radius 2 is 2.62 bits per heavy atom. The number of carbonyl (C=O) groups is 1. The summed E-state index contributed by atoms with van der Waals surface area (Å²) < 4.78 is 5.37. The van der Waals surface area contributed by atoms with E-state index >= 15 is 0 Å². The summed E-state index contributed by atoms with van der Waals surface area (Å²) in [5.41, 5.74) is 0. The quantitative estimate of drug-likeness (QED) is 0.377. The molecule has 1 aliphatic rings. The van der Waals surface area contributed by atoms with Crippen molar-refractivity contribution in [3.05, 3.63) is 0 Å². The van der Waals surface area contributed by atoms with Crippen molar-refractivity contribution in [1.29, 1.82) is 0 Å². The Balaban J connectivity index is 2.42. The number of cyclic esters (lactones) is 1. The Kier molecular flexibility index (Phi) is 1.93. The monoisotopic (exact) mass is 227 g/mol. The maximum absolute atomic E-state index is 10.5. The number of nitrogens with zero attached hydrogens (tertiary/aromatic N) is 1. The Morgan fingerprint density at radius 3 is 2.88 bits per heavy atom. The van der Waals surface area contributed by atoms with Gasteiger partial charge in [-0.15, -0.1) is 0 Å². The molecule has 1 amide bonds. The summed E-state index contributed by atoms with van der Waals surface area (Å²) in [5, 5.41) is 0. The first-order valence-corrected chi connectivity index (χ1v) is 3.85. The van der Waals surface area contributed by atoms with Gasteiger partial charge in [0.05, 0.1) is 11.1 Å². The molecule has 0 radical (unpaired) electrons. The van der Waals surface area contributed by atoms with Crippen LogP contribution in [0.4, 0.5) is 4.79 Å².